The van der Waals surface area contributed by atoms with Crippen LogP contribution in [0.25, 0.3) is 45.8 Å². The Hall–Kier alpha value is -0.893. The van der Waals surface area contributed by atoms with E-state index in [1.807, 2.05) is 70.0 Å². The summed E-state index contributed by atoms with van der Waals surface area (Å²) in [6.07, 6.45) is 16.7. The number of aromatic nitrogens is 16. The second kappa shape index (κ2) is 105. The molecule has 0 fully saturated rings. The standard InChI is InChI=1S/2C15H12N8.2Ag.8Mo.26O/c2*1-2-6-18-13(3-1)15-20-14(12-4-7-16-8-5-12)21-23(15)11-22-10-17-9-19-22;;;;;;;;;;;;;;;;;;;;;;;;;;;;;;;;;;;;/h2*1-10H,11H2;;;;;;;;;;;;;;;;;;;;;;;;;;;;;;;;;;;;/q;;2*+1;;;;;;;;;26*-2/p+2. The van der Waals surface area contributed by atoms with E-state index >= 15 is 0 Å². The predicted molar refractivity (Wildman–Crippen MR) is 179 cm³/mol. The number of rotatable bonds is 8. The fraction of sp³-hybridized carbons (Fsp3) is 0.0667. The van der Waals surface area contributed by atoms with E-state index < -0.39 is 0 Å². The molecule has 500 valence electrons. The number of aromatic amines is 2. The molecule has 8 aromatic rings. The summed E-state index contributed by atoms with van der Waals surface area (Å²) in [7, 11) is 0. The molecule has 8 aromatic heterocycles. The second-order valence-electron chi connectivity index (χ2n) is 9.70. The second-order valence-corrected chi connectivity index (χ2v) is 9.70. The number of nitrogens with zero attached hydrogens (tertiary/aromatic N) is 14. The van der Waals surface area contributed by atoms with Crippen molar-refractivity contribution < 1.29 is 365 Å². The van der Waals surface area contributed by atoms with Gasteiger partial charge < -0.3 is 142 Å². The van der Waals surface area contributed by atoms with Crippen LogP contribution in [0, 0.1) is 0 Å². The van der Waals surface area contributed by atoms with Crippen molar-refractivity contribution in [2.75, 3.05) is 0 Å². The number of H-pyrrole nitrogens is 2. The van der Waals surface area contributed by atoms with Crippen LogP contribution in [0.5, 0.6) is 0 Å². The van der Waals surface area contributed by atoms with Gasteiger partial charge in [-0.2, -0.15) is 20.4 Å². The maximum absolute atomic E-state index is 4.69. The first-order valence-electron chi connectivity index (χ1n) is 14.1. The molecule has 52 heteroatoms. The Kier molecular flexibility index (Phi) is 255. The summed E-state index contributed by atoms with van der Waals surface area (Å²) in [4.78, 5) is 34.1. The van der Waals surface area contributed by atoms with E-state index in [1.165, 1.54) is 12.7 Å². The normalized spacial score (nSPS) is 6.05. The van der Waals surface area contributed by atoms with Crippen molar-refractivity contribution in [3.05, 3.63) is 123 Å². The van der Waals surface area contributed by atoms with Gasteiger partial charge in [-0.05, 0) is 58.5 Å². The van der Waals surface area contributed by atoms with Gasteiger partial charge in [0.25, 0.3) is 11.6 Å². The molecule has 0 aromatic carbocycles. The number of hydrogen-bond donors (Lipinski definition) is 2. The summed E-state index contributed by atoms with van der Waals surface area (Å²) < 4.78 is 7.18. The Morgan fingerprint density at radius 1 is 0.329 bits per heavy atom. The van der Waals surface area contributed by atoms with Gasteiger partial charge in [0.15, 0.2) is 11.4 Å². The van der Waals surface area contributed by atoms with Gasteiger partial charge in [-0.3, -0.25) is 9.97 Å². The first kappa shape index (κ1) is 199. The average molecular weight is 2010 g/mol. The largest absolute Gasteiger partial charge is 2.00 e. The maximum atomic E-state index is 4.69. The Balaban J connectivity index is -0.0000000164. The minimum absolute atomic E-state index is 0. The molecule has 0 unspecified atom stereocenters. The van der Waals surface area contributed by atoms with Gasteiger partial charge in [-0.15, -0.1) is 9.36 Å². The van der Waals surface area contributed by atoms with Gasteiger partial charge in [-0.25, -0.2) is 29.3 Å². The Morgan fingerprint density at radius 3 is 0.793 bits per heavy atom. The minimum atomic E-state index is 0. The van der Waals surface area contributed by atoms with Crippen molar-refractivity contribution >= 4 is 0 Å². The third-order valence-corrected chi connectivity index (χ3v) is 6.63. The molecule has 0 aliphatic rings. The van der Waals surface area contributed by atoms with Gasteiger partial charge >= 0.3 is 56.4 Å². The van der Waals surface area contributed by atoms with Crippen LogP contribution in [-0.2, 0) is 369 Å². The van der Waals surface area contributed by atoms with Gasteiger partial charge in [0.2, 0.25) is 13.3 Å². The first-order chi connectivity index (χ1) is 22.8. The van der Waals surface area contributed by atoms with E-state index in [2.05, 4.69) is 60.3 Å². The molecular weight excluding hydrogens is 1980 g/mol. The number of hydrogen-bond acceptors (Lipinski definition) is 10. The van der Waals surface area contributed by atoms with E-state index in [-0.39, 0.29) is 356 Å². The molecule has 8 rings (SSSR count). The molecule has 2 N–H and O–H groups in total. The van der Waals surface area contributed by atoms with Crippen molar-refractivity contribution in [2.24, 2.45) is 0 Å². The third kappa shape index (κ3) is 55.7. The van der Waals surface area contributed by atoms with E-state index in [9.17, 15) is 0 Å². The van der Waals surface area contributed by atoms with Crippen LogP contribution in [0.4, 0.5) is 0 Å². The molecule has 0 atom stereocenters. The zero-order valence-electron chi connectivity index (χ0n) is 38.7. The summed E-state index contributed by atoms with van der Waals surface area (Å²) in [6.45, 7) is 0.925. The monoisotopic (exact) mass is 2020 g/mol. The first-order valence-corrected chi connectivity index (χ1v) is 14.1. The summed E-state index contributed by atoms with van der Waals surface area (Å²) in [6, 6.07) is 19.1. The Labute approximate surface area is 610 Å². The zero-order valence-corrected chi connectivity index (χ0v) is 57.7. The van der Waals surface area contributed by atoms with E-state index in [0.29, 0.717) is 13.3 Å². The van der Waals surface area contributed by atoms with Crippen molar-refractivity contribution in [3.8, 4) is 45.8 Å². The van der Waals surface area contributed by atoms with Crippen molar-refractivity contribution in [2.45, 2.75) is 13.3 Å². The molecule has 0 aliphatic heterocycles. The van der Waals surface area contributed by atoms with Crippen LogP contribution < -0.4 is 9.36 Å². The van der Waals surface area contributed by atoms with E-state index in [0.717, 1.165) is 45.8 Å². The van der Waals surface area contributed by atoms with Crippen LogP contribution in [0.3, 0.4) is 0 Å². The zero-order chi connectivity index (χ0) is 31.0. The van der Waals surface area contributed by atoms with Crippen LogP contribution >= 0.6 is 0 Å². The van der Waals surface area contributed by atoms with E-state index in [1.54, 1.807) is 59.2 Å². The molecule has 0 bridgehead atoms. The third-order valence-electron chi connectivity index (χ3n) is 6.63. The molecule has 8 heterocycles. The average Bonchev–Trinajstić information content (AvgIpc) is 3.96. The molecule has 42 nitrogen and oxygen atoms in total. The fourth-order valence-electron chi connectivity index (χ4n) is 4.51. The molecule has 0 spiro atoms. The van der Waals surface area contributed by atoms with E-state index in [4.69, 9.17) is 0 Å². The molecule has 82 heavy (non-hydrogen) atoms. The van der Waals surface area contributed by atoms with Crippen molar-refractivity contribution in [1.82, 2.24) is 69.6 Å². The molecule has 0 saturated heterocycles. The minimum Gasteiger partial charge on any atom is -2.00 e. The number of nitrogens with one attached hydrogen (secondary N) is 2. The molecular formula is C30H26Ag2Mo8N16O26-48. The Morgan fingerprint density at radius 2 is 0.585 bits per heavy atom. The van der Waals surface area contributed by atoms with Gasteiger partial charge in [-0.1, -0.05) is 12.1 Å². The summed E-state index contributed by atoms with van der Waals surface area (Å²) in [5.41, 5.74) is 3.47. The predicted octanol–water partition coefficient (Wildman–Crippen LogP) is -1.28. The van der Waals surface area contributed by atoms with Gasteiger partial charge in [0.1, 0.15) is 25.3 Å². The Bertz CT molecular complexity index is 2040. The van der Waals surface area contributed by atoms with Crippen molar-refractivity contribution in [3.63, 3.8) is 0 Å². The van der Waals surface area contributed by atoms with Crippen LogP contribution in [0.2, 0.25) is 0 Å². The SMILES string of the molecule is [Ag+].[Ag+].[Mo].[Mo].[Mo].[Mo].[Mo].[Mo].[Mo].[Mo].[O-2].[O-2].[O-2].[O-2].[O-2].[O-2].[O-2].[O-2].[O-2].[O-2].[O-2].[O-2].[O-2].[O-2].[O-2].[O-2].[O-2].[O-2].[O-2].[O-2].[O-2].[O-2].[O-2].[O-2].[O-2].[O-2].c1ccc(-c2nc(-c3ccncc3)[nH][n+]2Cn2cncn2)nc1.c1ccc(-c2nc(-c3ccncc3)[nH][n+]2Cn2cncn2)nc1. The van der Waals surface area contributed by atoms with Crippen LogP contribution in [0.1, 0.15) is 0 Å². The number of pyridine rings is 4. The topological polar surface area (TPSA) is 919 Å². The maximum Gasteiger partial charge on any atom is 1.00 e. The van der Waals surface area contributed by atoms with Crippen LogP contribution in [0.15, 0.2) is 123 Å². The van der Waals surface area contributed by atoms with Gasteiger partial charge in [0.05, 0.1) is 0 Å². The molecule has 0 radical (unpaired) electrons. The summed E-state index contributed by atoms with van der Waals surface area (Å²) >= 11 is 0. The smallest absolute Gasteiger partial charge is 1.00 e. The van der Waals surface area contributed by atoms with Gasteiger partial charge in [0, 0.05) is 217 Å². The summed E-state index contributed by atoms with van der Waals surface area (Å²) in [5.74, 6) is 2.95. The molecule has 0 aliphatic carbocycles. The summed E-state index contributed by atoms with van der Waals surface area (Å²) in [5, 5.41) is 14.8. The molecule has 0 saturated carbocycles. The van der Waals surface area contributed by atoms with Crippen molar-refractivity contribution in [1.29, 1.82) is 0 Å². The van der Waals surface area contributed by atoms with Crippen LogP contribution in [-0.4, -0.2) is 69.6 Å². The fourth-order valence-corrected chi connectivity index (χ4v) is 4.51. The quantitative estimate of drug-likeness (QED) is 0.134. The molecule has 0 amide bonds.